The van der Waals surface area contributed by atoms with E-state index in [2.05, 4.69) is 36.5 Å². The lowest BCUT2D eigenvalue weighted by Crippen LogP contribution is -2.09. The molecular weight excluding hydrogens is 352 g/mol. The van der Waals surface area contributed by atoms with Gasteiger partial charge in [-0.2, -0.15) is 0 Å². The Morgan fingerprint density at radius 3 is 2.57 bits per heavy atom. The third-order valence-electron chi connectivity index (χ3n) is 3.03. The van der Waals surface area contributed by atoms with E-state index in [0.29, 0.717) is 5.02 Å². The van der Waals surface area contributed by atoms with Crippen LogP contribution in [0.4, 0.5) is 17.3 Å². The van der Waals surface area contributed by atoms with Crippen molar-refractivity contribution in [3.05, 3.63) is 39.1 Å². The van der Waals surface area contributed by atoms with Crippen LogP contribution in [0.1, 0.15) is 25.2 Å². The molecule has 0 aliphatic heterocycles. The number of nitrogens with zero attached hydrogens (tertiary/aromatic N) is 2. The quantitative estimate of drug-likeness (QED) is 0.784. The summed E-state index contributed by atoms with van der Waals surface area (Å²) in [4.78, 5) is 9.08. The second-order valence-electron chi connectivity index (χ2n) is 4.60. The minimum absolute atomic E-state index is 0.652. The summed E-state index contributed by atoms with van der Waals surface area (Å²) in [7, 11) is 0. The van der Waals surface area contributed by atoms with Crippen LogP contribution in [0.3, 0.4) is 0 Å². The van der Waals surface area contributed by atoms with Crippen LogP contribution in [0.25, 0.3) is 0 Å². The van der Waals surface area contributed by atoms with Crippen molar-refractivity contribution in [2.24, 2.45) is 0 Å². The molecule has 0 atom stereocenters. The molecule has 2 rings (SSSR count). The molecule has 0 fully saturated rings. The molecule has 0 aliphatic rings. The summed E-state index contributed by atoms with van der Waals surface area (Å²) in [6.07, 6.45) is 0.777. The monoisotopic (exact) mass is 368 g/mol. The molecule has 0 saturated carbocycles. The van der Waals surface area contributed by atoms with E-state index in [1.54, 1.807) is 0 Å². The van der Waals surface area contributed by atoms with Gasteiger partial charge in [0.1, 0.15) is 17.5 Å². The van der Waals surface area contributed by atoms with Crippen molar-refractivity contribution in [1.82, 2.24) is 9.97 Å². The Kier molecular flexibility index (Phi) is 5.42. The second-order valence-corrected chi connectivity index (χ2v) is 5.92. The van der Waals surface area contributed by atoms with E-state index in [0.717, 1.165) is 46.1 Å². The average molecular weight is 370 g/mol. The van der Waals surface area contributed by atoms with Gasteiger partial charge in [-0.05, 0) is 32.0 Å². The molecule has 6 heteroatoms. The lowest BCUT2D eigenvalue weighted by molar-refractivity contribution is 0.930. The summed E-state index contributed by atoms with van der Waals surface area (Å²) in [5.74, 6) is 2.43. The molecule has 0 saturated heterocycles. The van der Waals surface area contributed by atoms with Gasteiger partial charge in [0.15, 0.2) is 0 Å². The number of anilines is 3. The zero-order valence-electron chi connectivity index (χ0n) is 12.3. The molecule has 0 radical (unpaired) electrons. The second kappa shape index (κ2) is 7.09. The van der Waals surface area contributed by atoms with Crippen LogP contribution in [0, 0.1) is 6.92 Å². The fraction of sp³-hybridized carbons (Fsp3) is 0.333. The molecule has 2 N–H and O–H groups in total. The predicted molar refractivity (Wildman–Crippen MR) is 92.7 cm³/mol. The highest BCUT2D eigenvalue weighted by Crippen LogP contribution is 2.30. The van der Waals surface area contributed by atoms with Crippen molar-refractivity contribution in [3.8, 4) is 0 Å². The summed E-state index contributed by atoms with van der Waals surface area (Å²) in [6, 6.07) is 5.68. The molecular formula is C15H18BrClN4. The van der Waals surface area contributed by atoms with Crippen molar-refractivity contribution in [1.29, 1.82) is 0 Å². The zero-order valence-corrected chi connectivity index (χ0v) is 14.6. The number of benzene rings is 1. The molecule has 0 bridgehead atoms. The molecule has 2 aromatic rings. The number of hydrogen-bond acceptors (Lipinski definition) is 4. The van der Waals surface area contributed by atoms with E-state index in [9.17, 15) is 0 Å². The minimum atomic E-state index is 0.652. The fourth-order valence-electron chi connectivity index (χ4n) is 1.90. The first-order valence-corrected chi connectivity index (χ1v) is 8.05. The molecule has 0 spiro atoms. The van der Waals surface area contributed by atoms with Crippen LogP contribution in [-0.4, -0.2) is 16.5 Å². The SMILES string of the molecule is CCNc1nc(CC)nc(Nc2cc(Br)ccc2Cl)c1C. The van der Waals surface area contributed by atoms with Crippen molar-refractivity contribution in [2.45, 2.75) is 27.2 Å². The van der Waals surface area contributed by atoms with Crippen molar-refractivity contribution in [2.75, 3.05) is 17.2 Å². The summed E-state index contributed by atoms with van der Waals surface area (Å²) >= 11 is 9.68. The van der Waals surface area contributed by atoms with Crippen molar-refractivity contribution in [3.63, 3.8) is 0 Å². The van der Waals surface area contributed by atoms with Gasteiger partial charge in [0.05, 0.1) is 10.7 Å². The Bertz CT molecular complexity index is 646. The first kappa shape index (κ1) is 16.0. The normalized spacial score (nSPS) is 10.5. The van der Waals surface area contributed by atoms with Crippen LogP contribution in [0.2, 0.25) is 5.02 Å². The largest absolute Gasteiger partial charge is 0.370 e. The zero-order chi connectivity index (χ0) is 15.4. The average Bonchev–Trinajstić information content (AvgIpc) is 2.47. The number of rotatable bonds is 5. The topological polar surface area (TPSA) is 49.8 Å². The van der Waals surface area contributed by atoms with Gasteiger partial charge in [-0.3, -0.25) is 0 Å². The van der Waals surface area contributed by atoms with E-state index in [1.807, 2.05) is 39.0 Å². The molecule has 0 unspecified atom stereocenters. The molecule has 21 heavy (non-hydrogen) atoms. The van der Waals surface area contributed by atoms with Gasteiger partial charge < -0.3 is 10.6 Å². The maximum atomic E-state index is 6.23. The van der Waals surface area contributed by atoms with Crippen LogP contribution >= 0.6 is 27.5 Å². The van der Waals surface area contributed by atoms with Gasteiger partial charge in [-0.1, -0.05) is 34.5 Å². The maximum Gasteiger partial charge on any atom is 0.139 e. The molecule has 4 nitrogen and oxygen atoms in total. The highest BCUT2D eigenvalue weighted by molar-refractivity contribution is 9.10. The van der Waals surface area contributed by atoms with Gasteiger partial charge in [0.25, 0.3) is 0 Å². The van der Waals surface area contributed by atoms with E-state index in [4.69, 9.17) is 11.6 Å². The van der Waals surface area contributed by atoms with Crippen LogP contribution in [0.5, 0.6) is 0 Å². The van der Waals surface area contributed by atoms with Gasteiger partial charge in [-0.25, -0.2) is 9.97 Å². The number of aryl methyl sites for hydroxylation is 1. The van der Waals surface area contributed by atoms with Crippen LogP contribution in [0.15, 0.2) is 22.7 Å². The summed E-state index contributed by atoms with van der Waals surface area (Å²) in [5.41, 5.74) is 1.79. The van der Waals surface area contributed by atoms with Gasteiger partial charge in [-0.15, -0.1) is 0 Å². The molecule has 1 heterocycles. The van der Waals surface area contributed by atoms with E-state index in [1.165, 1.54) is 0 Å². The Morgan fingerprint density at radius 2 is 1.90 bits per heavy atom. The van der Waals surface area contributed by atoms with Crippen LogP contribution in [-0.2, 0) is 6.42 Å². The van der Waals surface area contributed by atoms with Gasteiger partial charge in [0, 0.05) is 23.0 Å². The Balaban J connectivity index is 2.43. The van der Waals surface area contributed by atoms with Crippen molar-refractivity contribution < 1.29 is 0 Å². The Hall–Kier alpha value is -1.33. The first-order chi connectivity index (χ1) is 10.0. The highest BCUT2D eigenvalue weighted by Gasteiger charge is 2.11. The number of hydrogen-bond donors (Lipinski definition) is 2. The highest BCUT2D eigenvalue weighted by atomic mass is 79.9. The summed E-state index contributed by atoms with van der Waals surface area (Å²) < 4.78 is 0.962. The van der Waals surface area contributed by atoms with Gasteiger partial charge >= 0.3 is 0 Å². The minimum Gasteiger partial charge on any atom is -0.370 e. The Labute approximate surface area is 138 Å². The van der Waals surface area contributed by atoms with E-state index < -0.39 is 0 Å². The number of halogens is 2. The molecule has 0 aliphatic carbocycles. The summed E-state index contributed by atoms with van der Waals surface area (Å²) in [6.45, 7) is 6.89. The number of aromatic nitrogens is 2. The van der Waals surface area contributed by atoms with E-state index in [-0.39, 0.29) is 0 Å². The third kappa shape index (κ3) is 3.86. The van der Waals surface area contributed by atoms with Crippen LogP contribution < -0.4 is 10.6 Å². The smallest absolute Gasteiger partial charge is 0.139 e. The van der Waals surface area contributed by atoms with Gasteiger partial charge in [0.2, 0.25) is 0 Å². The molecule has 1 aromatic heterocycles. The lowest BCUT2D eigenvalue weighted by Gasteiger charge is -2.15. The number of nitrogens with one attached hydrogen (secondary N) is 2. The van der Waals surface area contributed by atoms with Crippen molar-refractivity contribution >= 4 is 44.9 Å². The molecule has 1 aromatic carbocycles. The van der Waals surface area contributed by atoms with E-state index >= 15 is 0 Å². The first-order valence-electron chi connectivity index (χ1n) is 6.88. The predicted octanol–water partition coefficient (Wildman–Crippen LogP) is 4.94. The fourth-order valence-corrected chi connectivity index (χ4v) is 2.43. The molecule has 112 valence electrons. The molecule has 0 amide bonds. The Morgan fingerprint density at radius 1 is 1.19 bits per heavy atom. The maximum absolute atomic E-state index is 6.23. The third-order valence-corrected chi connectivity index (χ3v) is 3.86. The lowest BCUT2D eigenvalue weighted by atomic mass is 10.2. The standard InChI is InChI=1S/C15H18BrClN4/c1-4-13-20-14(18-5-2)9(3)15(21-13)19-12-8-10(16)6-7-11(12)17/h6-8H,4-5H2,1-3H3,(H2,18,19,20,21). The summed E-state index contributed by atoms with van der Waals surface area (Å²) in [5, 5.41) is 7.22.